The molecule has 0 bridgehead atoms. The van der Waals surface area contributed by atoms with E-state index >= 15 is 0 Å². The van der Waals surface area contributed by atoms with Crippen LogP contribution < -0.4 is 5.32 Å². The second-order valence-corrected chi connectivity index (χ2v) is 5.86. The fraction of sp³-hybridized carbons (Fsp3) is 0.500. The van der Waals surface area contributed by atoms with E-state index < -0.39 is 5.54 Å². The van der Waals surface area contributed by atoms with Crippen LogP contribution in [0, 0.1) is 0 Å². The second kappa shape index (κ2) is 6.76. The summed E-state index contributed by atoms with van der Waals surface area (Å²) in [7, 11) is 0. The lowest BCUT2D eigenvalue weighted by Gasteiger charge is -2.36. The SMILES string of the molecule is O=C(Cc1ccc(Cl)cc1Cl)NC1(CO)CCOCC1. The van der Waals surface area contributed by atoms with Crippen molar-refractivity contribution in [3.8, 4) is 0 Å². The van der Waals surface area contributed by atoms with Gasteiger partial charge in [0.25, 0.3) is 0 Å². The molecule has 6 heteroatoms. The van der Waals surface area contributed by atoms with Gasteiger partial charge in [-0.1, -0.05) is 29.3 Å². The van der Waals surface area contributed by atoms with Crippen LogP contribution in [-0.4, -0.2) is 36.4 Å². The van der Waals surface area contributed by atoms with Crippen molar-refractivity contribution in [2.75, 3.05) is 19.8 Å². The fourth-order valence-electron chi connectivity index (χ4n) is 2.26. The molecular formula is C14H17Cl2NO3. The third kappa shape index (κ3) is 3.85. The molecular weight excluding hydrogens is 301 g/mol. The maximum absolute atomic E-state index is 12.1. The number of hydrogen-bond donors (Lipinski definition) is 2. The van der Waals surface area contributed by atoms with E-state index in [9.17, 15) is 9.90 Å². The van der Waals surface area contributed by atoms with E-state index in [2.05, 4.69) is 5.32 Å². The van der Waals surface area contributed by atoms with Crippen molar-refractivity contribution < 1.29 is 14.6 Å². The molecule has 0 atom stereocenters. The summed E-state index contributed by atoms with van der Waals surface area (Å²) in [4.78, 5) is 12.1. The molecule has 1 aromatic carbocycles. The number of carbonyl (C=O) groups is 1. The van der Waals surface area contributed by atoms with Crippen molar-refractivity contribution in [2.45, 2.75) is 24.8 Å². The molecule has 0 aromatic heterocycles. The molecule has 1 aromatic rings. The summed E-state index contributed by atoms with van der Waals surface area (Å²) in [5.41, 5.74) is 0.141. The Morgan fingerprint density at radius 3 is 2.65 bits per heavy atom. The lowest BCUT2D eigenvalue weighted by atomic mass is 9.90. The smallest absolute Gasteiger partial charge is 0.224 e. The van der Waals surface area contributed by atoms with Crippen LogP contribution in [0.2, 0.25) is 10.0 Å². The number of aliphatic hydroxyl groups excluding tert-OH is 1. The number of ether oxygens (including phenoxy) is 1. The largest absolute Gasteiger partial charge is 0.394 e. The van der Waals surface area contributed by atoms with Gasteiger partial charge in [-0.3, -0.25) is 4.79 Å². The summed E-state index contributed by atoms with van der Waals surface area (Å²) in [6.45, 7) is 1.00. The van der Waals surface area contributed by atoms with Crippen LogP contribution in [0.4, 0.5) is 0 Å². The van der Waals surface area contributed by atoms with E-state index in [-0.39, 0.29) is 18.9 Å². The molecule has 1 fully saturated rings. The van der Waals surface area contributed by atoms with E-state index in [0.29, 0.717) is 41.7 Å². The molecule has 1 saturated heterocycles. The van der Waals surface area contributed by atoms with Crippen molar-refractivity contribution >= 4 is 29.1 Å². The van der Waals surface area contributed by atoms with Gasteiger partial charge in [0.05, 0.1) is 18.6 Å². The predicted molar refractivity (Wildman–Crippen MR) is 78.2 cm³/mol. The standard InChI is InChI=1S/C14H17Cl2NO3/c15-11-2-1-10(12(16)8-11)7-13(19)17-14(9-18)3-5-20-6-4-14/h1-2,8,18H,3-7,9H2,(H,17,19). The van der Waals surface area contributed by atoms with E-state index in [1.54, 1.807) is 18.2 Å². The highest BCUT2D eigenvalue weighted by atomic mass is 35.5. The van der Waals surface area contributed by atoms with Crippen molar-refractivity contribution in [3.05, 3.63) is 33.8 Å². The highest BCUT2D eigenvalue weighted by Crippen LogP contribution is 2.23. The van der Waals surface area contributed by atoms with Crippen molar-refractivity contribution in [3.63, 3.8) is 0 Å². The number of amides is 1. The third-order valence-electron chi connectivity index (χ3n) is 3.52. The molecule has 1 aliphatic rings. The van der Waals surface area contributed by atoms with Gasteiger partial charge in [0.1, 0.15) is 0 Å². The maximum Gasteiger partial charge on any atom is 0.224 e. The van der Waals surface area contributed by atoms with Crippen molar-refractivity contribution in [1.29, 1.82) is 0 Å². The molecule has 1 heterocycles. The van der Waals surface area contributed by atoms with Gasteiger partial charge in [0, 0.05) is 23.3 Å². The lowest BCUT2D eigenvalue weighted by Crippen LogP contribution is -2.55. The van der Waals surface area contributed by atoms with Crippen LogP contribution in [0.5, 0.6) is 0 Å². The maximum atomic E-state index is 12.1. The summed E-state index contributed by atoms with van der Waals surface area (Å²) >= 11 is 11.9. The van der Waals surface area contributed by atoms with E-state index in [1.165, 1.54) is 0 Å². The predicted octanol–water partition coefficient (Wildman–Crippen LogP) is 2.19. The van der Waals surface area contributed by atoms with Gasteiger partial charge in [0.2, 0.25) is 5.91 Å². The highest BCUT2D eigenvalue weighted by molar-refractivity contribution is 6.35. The highest BCUT2D eigenvalue weighted by Gasteiger charge is 2.33. The third-order valence-corrected chi connectivity index (χ3v) is 4.11. The van der Waals surface area contributed by atoms with Crippen molar-refractivity contribution in [1.82, 2.24) is 5.32 Å². The van der Waals surface area contributed by atoms with E-state index in [1.807, 2.05) is 0 Å². The number of aliphatic hydroxyl groups is 1. The monoisotopic (exact) mass is 317 g/mol. The van der Waals surface area contributed by atoms with Gasteiger partial charge in [-0.25, -0.2) is 0 Å². The zero-order valence-corrected chi connectivity index (χ0v) is 12.5. The number of hydrogen-bond acceptors (Lipinski definition) is 3. The Kier molecular flexibility index (Phi) is 5.27. The Bertz CT molecular complexity index is 487. The topological polar surface area (TPSA) is 58.6 Å². The molecule has 2 rings (SSSR count). The summed E-state index contributed by atoms with van der Waals surface area (Å²) < 4.78 is 5.26. The van der Waals surface area contributed by atoms with E-state index in [0.717, 1.165) is 0 Å². The van der Waals surface area contributed by atoms with Crippen LogP contribution in [0.25, 0.3) is 0 Å². The summed E-state index contributed by atoms with van der Waals surface area (Å²) in [5.74, 6) is -0.162. The van der Waals surface area contributed by atoms with Gasteiger partial charge >= 0.3 is 0 Å². The Morgan fingerprint density at radius 1 is 1.35 bits per heavy atom. The molecule has 0 unspecified atom stereocenters. The van der Waals surface area contributed by atoms with Gasteiger partial charge in [-0.15, -0.1) is 0 Å². The van der Waals surface area contributed by atoms with Crippen LogP contribution in [0.1, 0.15) is 18.4 Å². The molecule has 0 saturated carbocycles. The quantitative estimate of drug-likeness (QED) is 0.895. The number of benzene rings is 1. The normalized spacial score (nSPS) is 17.8. The summed E-state index contributed by atoms with van der Waals surface area (Å²) in [6.07, 6.45) is 1.39. The first-order valence-electron chi connectivity index (χ1n) is 6.48. The first-order chi connectivity index (χ1) is 9.54. The molecule has 1 amide bonds. The number of carbonyl (C=O) groups excluding carboxylic acids is 1. The Labute approximate surface area is 128 Å². The van der Waals surface area contributed by atoms with Gasteiger partial charge < -0.3 is 15.2 Å². The Balaban J connectivity index is 2.00. The molecule has 110 valence electrons. The van der Waals surface area contributed by atoms with Crippen LogP contribution >= 0.6 is 23.2 Å². The van der Waals surface area contributed by atoms with Gasteiger partial charge in [0.15, 0.2) is 0 Å². The molecule has 1 aliphatic heterocycles. The Morgan fingerprint density at radius 2 is 2.05 bits per heavy atom. The zero-order chi connectivity index (χ0) is 14.6. The first kappa shape index (κ1) is 15.6. The average molecular weight is 318 g/mol. The number of rotatable bonds is 4. The molecule has 20 heavy (non-hydrogen) atoms. The fourth-order valence-corrected chi connectivity index (χ4v) is 2.74. The Hall–Kier alpha value is -0.810. The van der Waals surface area contributed by atoms with Crippen LogP contribution in [-0.2, 0) is 16.0 Å². The van der Waals surface area contributed by atoms with Crippen LogP contribution in [0.15, 0.2) is 18.2 Å². The van der Waals surface area contributed by atoms with Gasteiger partial charge in [-0.05, 0) is 30.5 Å². The second-order valence-electron chi connectivity index (χ2n) is 5.01. The molecule has 4 nitrogen and oxygen atoms in total. The minimum Gasteiger partial charge on any atom is -0.394 e. The summed E-state index contributed by atoms with van der Waals surface area (Å²) in [5, 5.41) is 13.5. The lowest BCUT2D eigenvalue weighted by molar-refractivity contribution is -0.124. The zero-order valence-electron chi connectivity index (χ0n) is 11.0. The van der Waals surface area contributed by atoms with E-state index in [4.69, 9.17) is 27.9 Å². The minimum absolute atomic E-state index is 0.0869. The first-order valence-corrected chi connectivity index (χ1v) is 7.24. The average Bonchev–Trinajstić information content (AvgIpc) is 2.43. The molecule has 2 N–H and O–H groups in total. The number of nitrogens with one attached hydrogen (secondary N) is 1. The summed E-state index contributed by atoms with van der Waals surface area (Å²) in [6, 6.07) is 5.05. The van der Waals surface area contributed by atoms with Crippen molar-refractivity contribution in [2.24, 2.45) is 0 Å². The number of halogens is 2. The molecule has 0 aliphatic carbocycles. The molecule has 0 radical (unpaired) electrons. The minimum atomic E-state index is -0.575. The van der Waals surface area contributed by atoms with Crippen LogP contribution in [0.3, 0.4) is 0 Å². The van der Waals surface area contributed by atoms with Gasteiger partial charge in [-0.2, -0.15) is 0 Å². The molecule has 0 spiro atoms.